The van der Waals surface area contributed by atoms with E-state index in [9.17, 15) is 79.0 Å². The Morgan fingerprint density at radius 2 is 0.500 bits per heavy atom. The van der Waals surface area contributed by atoms with Crippen LogP contribution in [0.3, 0.4) is 0 Å². The van der Waals surface area contributed by atoms with Crippen LogP contribution in [-0.4, -0.2) is 45.2 Å². The first-order chi connectivity index (χ1) is 11.7. The highest BCUT2D eigenvalue weighted by molar-refractivity contribution is 8.01. The summed E-state index contributed by atoms with van der Waals surface area (Å²) in [4.78, 5) is 0. The molecule has 0 amide bonds. The van der Waals surface area contributed by atoms with E-state index >= 15 is 0 Å². The van der Waals surface area contributed by atoms with Crippen LogP contribution >= 0.6 is 23.5 Å². The Hall–Kier alpha value is -0.560. The van der Waals surface area contributed by atoms with Crippen molar-refractivity contribution in [3.63, 3.8) is 0 Å². The fourth-order valence-electron chi connectivity index (χ4n) is 1.55. The molecular formula is C8F18S2. The molecule has 0 aromatic heterocycles. The molecule has 0 fully saturated rings. The molecule has 0 radical (unpaired) electrons. The maximum atomic E-state index is 13.9. The van der Waals surface area contributed by atoms with Crippen molar-refractivity contribution in [2.45, 2.75) is 45.2 Å². The van der Waals surface area contributed by atoms with Gasteiger partial charge in [-0.15, -0.1) is 0 Å². The molecule has 20 heteroatoms. The zero-order valence-corrected chi connectivity index (χ0v) is 13.3. The van der Waals surface area contributed by atoms with Gasteiger partial charge in [-0.1, -0.05) is 0 Å². The summed E-state index contributed by atoms with van der Waals surface area (Å²) < 4.78 is 227. The van der Waals surface area contributed by atoms with Gasteiger partial charge in [-0.25, -0.2) is 8.78 Å². The van der Waals surface area contributed by atoms with Gasteiger partial charge >= 0.3 is 45.2 Å². The van der Waals surface area contributed by atoms with Gasteiger partial charge in [0.15, 0.2) is 0 Å². The van der Waals surface area contributed by atoms with Gasteiger partial charge < -0.3 is 0 Å². The lowest BCUT2D eigenvalue weighted by Crippen LogP contribution is -2.77. The van der Waals surface area contributed by atoms with Crippen molar-refractivity contribution in [1.82, 2.24) is 0 Å². The first-order valence-electron chi connectivity index (χ1n) is 5.47. The third kappa shape index (κ3) is 4.77. The van der Waals surface area contributed by atoms with Crippen LogP contribution in [0.1, 0.15) is 0 Å². The molecule has 0 aliphatic carbocycles. The van der Waals surface area contributed by atoms with E-state index in [1.165, 1.54) is 0 Å². The second-order valence-electron chi connectivity index (χ2n) is 4.44. The van der Waals surface area contributed by atoms with Crippen LogP contribution in [0, 0.1) is 0 Å². The molecule has 0 aromatic rings. The smallest absolute Gasteiger partial charge is 0.221 e. The second kappa shape index (κ2) is 7.00. The summed E-state index contributed by atoms with van der Waals surface area (Å²) >= 11 is -7.24. The van der Waals surface area contributed by atoms with E-state index in [1.807, 2.05) is 0 Å². The Morgan fingerprint density at radius 1 is 0.321 bits per heavy atom. The van der Waals surface area contributed by atoms with Gasteiger partial charge in [0.05, 0.1) is 0 Å². The maximum absolute atomic E-state index is 13.9. The molecule has 2 atom stereocenters. The number of rotatable bonds is 5. The van der Waals surface area contributed by atoms with E-state index < -0.39 is 68.7 Å². The summed E-state index contributed by atoms with van der Waals surface area (Å²) in [6, 6.07) is 0. The zero-order valence-electron chi connectivity index (χ0n) is 11.6. The first-order valence-corrected chi connectivity index (χ1v) is 7.10. The minimum Gasteiger partial charge on any atom is -0.221 e. The molecule has 0 aliphatic heterocycles. The molecule has 28 heavy (non-hydrogen) atoms. The van der Waals surface area contributed by atoms with Crippen LogP contribution in [0.25, 0.3) is 0 Å². The summed E-state index contributed by atoms with van der Waals surface area (Å²) in [5.74, 6) is 0. The van der Waals surface area contributed by atoms with Crippen molar-refractivity contribution >= 4 is 23.5 Å². The molecule has 0 nitrogen and oxygen atoms in total. The number of halogens is 18. The number of hydrogen-bond acceptors (Lipinski definition) is 2. The highest BCUT2D eigenvalue weighted by Crippen LogP contribution is 2.69. The summed E-state index contributed by atoms with van der Waals surface area (Å²) in [6.45, 7) is 0. The summed E-state index contributed by atoms with van der Waals surface area (Å²) in [5.41, 5.74) is -30.6. The van der Waals surface area contributed by atoms with Gasteiger partial charge in [0.25, 0.3) is 0 Å². The molecule has 170 valence electrons. The van der Waals surface area contributed by atoms with Crippen LogP contribution in [0.2, 0.25) is 0 Å². The zero-order chi connectivity index (χ0) is 23.4. The average molecular weight is 502 g/mol. The lowest BCUT2D eigenvalue weighted by atomic mass is 9.84. The molecule has 0 bridgehead atoms. The Morgan fingerprint density at radius 3 is 0.607 bits per heavy atom. The number of alkyl halides is 18. The lowest BCUT2D eigenvalue weighted by molar-refractivity contribution is -0.401. The van der Waals surface area contributed by atoms with Crippen molar-refractivity contribution in [2.75, 3.05) is 0 Å². The molecule has 0 N–H and O–H groups in total. The van der Waals surface area contributed by atoms with Crippen LogP contribution < -0.4 is 0 Å². The number of thioether (sulfide) groups is 2. The SMILES string of the molecule is FC(F)(F)SC(F)(F)C(F)(C(F)(F)F)C(F)(C(F)(F)F)C(F)(F)SC(F)(F)F. The van der Waals surface area contributed by atoms with Crippen molar-refractivity contribution in [1.29, 1.82) is 0 Å². The van der Waals surface area contributed by atoms with E-state index in [4.69, 9.17) is 0 Å². The minimum atomic E-state index is -8.52. The highest BCUT2D eigenvalue weighted by atomic mass is 32.2. The summed E-state index contributed by atoms with van der Waals surface area (Å²) in [7, 11) is 0. The second-order valence-corrected chi connectivity index (χ2v) is 6.80. The van der Waals surface area contributed by atoms with Gasteiger partial charge in [-0.2, -0.15) is 70.2 Å². The van der Waals surface area contributed by atoms with Gasteiger partial charge in [0, 0.05) is 23.5 Å². The van der Waals surface area contributed by atoms with Gasteiger partial charge in [-0.3, -0.25) is 0 Å². The molecular weight excluding hydrogens is 502 g/mol. The Labute approximate surface area is 149 Å². The highest BCUT2D eigenvalue weighted by Gasteiger charge is 2.96. The molecule has 0 rings (SSSR count). The summed E-state index contributed by atoms with van der Waals surface area (Å²) in [5, 5.41) is -15.5. The molecule has 0 spiro atoms. The predicted octanol–water partition coefficient (Wildman–Crippen LogP) is 7.22. The molecule has 2 unspecified atom stereocenters. The normalized spacial score (nSPS) is 19.9. The molecule has 0 aromatic carbocycles. The summed E-state index contributed by atoms with van der Waals surface area (Å²) in [6.07, 6.45) is -16.4. The van der Waals surface area contributed by atoms with E-state index in [0.29, 0.717) is 0 Å². The molecule has 0 saturated heterocycles. The van der Waals surface area contributed by atoms with Crippen molar-refractivity contribution in [2.24, 2.45) is 0 Å². The Kier molecular flexibility index (Phi) is 6.86. The van der Waals surface area contributed by atoms with Gasteiger partial charge in [0.1, 0.15) is 0 Å². The van der Waals surface area contributed by atoms with Crippen molar-refractivity contribution in [3.8, 4) is 0 Å². The first kappa shape index (κ1) is 27.4. The van der Waals surface area contributed by atoms with Crippen LogP contribution in [0.5, 0.6) is 0 Å². The van der Waals surface area contributed by atoms with Gasteiger partial charge in [-0.05, 0) is 0 Å². The topological polar surface area (TPSA) is 0 Å². The largest absolute Gasteiger partial charge is 0.447 e. The lowest BCUT2D eigenvalue weighted by Gasteiger charge is -2.46. The quantitative estimate of drug-likeness (QED) is 0.365. The average Bonchev–Trinajstić information content (AvgIpc) is 2.27. The Bertz CT molecular complexity index is 502. The third-order valence-electron chi connectivity index (χ3n) is 2.55. The number of hydrogen-bond donors (Lipinski definition) is 0. The van der Waals surface area contributed by atoms with Crippen LogP contribution in [0.4, 0.5) is 79.0 Å². The van der Waals surface area contributed by atoms with Crippen molar-refractivity contribution < 1.29 is 79.0 Å². The maximum Gasteiger partial charge on any atom is 0.447 e. The van der Waals surface area contributed by atoms with Crippen LogP contribution in [0.15, 0.2) is 0 Å². The van der Waals surface area contributed by atoms with Crippen LogP contribution in [-0.2, 0) is 0 Å². The molecule has 0 aliphatic rings. The standard InChI is InChI=1S/C8F18S2/c9-1(3(11,12)13,5(17,18)27-7(21,22)23)2(10,4(14,15)16)6(19,20)28-8(24,25)26. The van der Waals surface area contributed by atoms with E-state index in [1.54, 1.807) is 0 Å². The van der Waals surface area contributed by atoms with E-state index in [-0.39, 0.29) is 0 Å². The fraction of sp³-hybridized carbons (Fsp3) is 1.00. The fourth-order valence-corrected chi connectivity index (χ4v) is 2.93. The molecule has 0 heterocycles. The van der Waals surface area contributed by atoms with E-state index in [2.05, 4.69) is 0 Å². The minimum absolute atomic E-state index is 3.62. The Balaban J connectivity index is 7.18. The van der Waals surface area contributed by atoms with E-state index in [0.717, 1.165) is 0 Å². The third-order valence-corrected chi connectivity index (χ3v) is 4.08. The monoisotopic (exact) mass is 502 g/mol. The van der Waals surface area contributed by atoms with Crippen molar-refractivity contribution in [3.05, 3.63) is 0 Å². The molecule has 0 saturated carbocycles. The predicted molar refractivity (Wildman–Crippen MR) is 57.0 cm³/mol. The van der Waals surface area contributed by atoms with Gasteiger partial charge in [0.2, 0.25) is 0 Å².